The summed E-state index contributed by atoms with van der Waals surface area (Å²) in [7, 11) is 4.05. The second-order valence-corrected chi connectivity index (χ2v) is 6.94. The van der Waals surface area contributed by atoms with Crippen molar-refractivity contribution in [1.82, 2.24) is 4.98 Å². The van der Waals surface area contributed by atoms with E-state index in [0.29, 0.717) is 6.04 Å². The Bertz CT molecular complexity index is 916. The van der Waals surface area contributed by atoms with E-state index in [4.69, 9.17) is 4.98 Å². The van der Waals surface area contributed by atoms with Gasteiger partial charge < -0.3 is 10.2 Å². The molecule has 1 N–H and O–H groups in total. The zero-order chi connectivity index (χ0) is 17.4. The van der Waals surface area contributed by atoms with Crippen LogP contribution < -0.4 is 10.2 Å². The molecule has 0 aliphatic heterocycles. The van der Waals surface area contributed by atoms with Crippen LogP contribution in [0.2, 0.25) is 0 Å². The fourth-order valence-corrected chi connectivity index (χ4v) is 3.25. The van der Waals surface area contributed by atoms with Crippen LogP contribution in [0.3, 0.4) is 0 Å². The lowest BCUT2D eigenvalue weighted by atomic mass is 9.93. The zero-order valence-electron chi connectivity index (χ0n) is 14.6. The van der Waals surface area contributed by atoms with Crippen LogP contribution in [-0.2, 0) is 0 Å². The van der Waals surface area contributed by atoms with E-state index < -0.39 is 0 Å². The molecule has 128 valence electrons. The minimum atomic E-state index is -0.245. The van der Waals surface area contributed by atoms with Gasteiger partial charge in [-0.3, -0.25) is 0 Å². The second-order valence-electron chi connectivity index (χ2n) is 6.94. The van der Waals surface area contributed by atoms with Crippen molar-refractivity contribution in [1.29, 1.82) is 0 Å². The summed E-state index contributed by atoms with van der Waals surface area (Å²) in [5.74, 6) is -0.245. The number of nitrogens with one attached hydrogen (secondary N) is 1. The summed E-state index contributed by atoms with van der Waals surface area (Å²) < 4.78 is 13.6. The van der Waals surface area contributed by atoms with Crippen molar-refractivity contribution in [3.05, 3.63) is 54.3 Å². The van der Waals surface area contributed by atoms with Gasteiger partial charge >= 0.3 is 0 Å². The predicted octanol–water partition coefficient (Wildman–Crippen LogP) is 5.07. The maximum atomic E-state index is 13.6. The van der Waals surface area contributed by atoms with Crippen LogP contribution in [0.1, 0.15) is 19.3 Å². The smallest absolute Gasteiger partial charge is 0.123 e. The van der Waals surface area contributed by atoms with Crippen molar-refractivity contribution in [2.45, 2.75) is 25.3 Å². The zero-order valence-corrected chi connectivity index (χ0v) is 14.6. The van der Waals surface area contributed by atoms with E-state index in [1.165, 1.54) is 31.4 Å². The van der Waals surface area contributed by atoms with Crippen molar-refractivity contribution >= 4 is 22.3 Å². The molecule has 2 aromatic carbocycles. The van der Waals surface area contributed by atoms with Gasteiger partial charge in [0.1, 0.15) is 5.82 Å². The Hall–Kier alpha value is -2.62. The number of nitrogens with zero attached hydrogens (tertiary/aromatic N) is 2. The van der Waals surface area contributed by atoms with Gasteiger partial charge in [0, 0.05) is 42.5 Å². The number of halogens is 1. The van der Waals surface area contributed by atoms with Crippen LogP contribution in [0.5, 0.6) is 0 Å². The monoisotopic (exact) mass is 335 g/mol. The molecule has 1 aromatic heterocycles. The molecule has 1 saturated carbocycles. The number of anilines is 2. The molecule has 1 aliphatic rings. The molecular formula is C21H22FN3. The second kappa shape index (κ2) is 6.36. The van der Waals surface area contributed by atoms with Crippen LogP contribution in [0.25, 0.3) is 22.2 Å². The average molecular weight is 335 g/mol. The number of hydrogen-bond acceptors (Lipinski definition) is 3. The van der Waals surface area contributed by atoms with E-state index in [0.717, 1.165) is 33.5 Å². The molecular weight excluding hydrogens is 313 g/mol. The molecule has 0 spiro atoms. The molecule has 0 radical (unpaired) electrons. The molecule has 4 rings (SSSR count). The van der Waals surface area contributed by atoms with Crippen LogP contribution in [0.4, 0.5) is 15.8 Å². The Labute approximate surface area is 147 Å². The highest BCUT2D eigenvalue weighted by Crippen LogP contribution is 2.33. The Morgan fingerprint density at radius 2 is 1.92 bits per heavy atom. The molecule has 25 heavy (non-hydrogen) atoms. The Kier molecular flexibility index (Phi) is 4.04. The minimum absolute atomic E-state index is 0.245. The molecule has 3 nitrogen and oxygen atoms in total. The third-order valence-electron chi connectivity index (χ3n) is 4.86. The van der Waals surface area contributed by atoms with Gasteiger partial charge in [-0.2, -0.15) is 0 Å². The highest BCUT2D eigenvalue weighted by atomic mass is 19.1. The highest BCUT2D eigenvalue weighted by molar-refractivity contribution is 5.96. The molecule has 0 unspecified atom stereocenters. The molecule has 1 fully saturated rings. The minimum Gasteiger partial charge on any atom is -0.382 e. The molecule has 1 heterocycles. The van der Waals surface area contributed by atoms with E-state index >= 15 is 0 Å². The van der Waals surface area contributed by atoms with Crippen molar-refractivity contribution < 1.29 is 4.39 Å². The van der Waals surface area contributed by atoms with Gasteiger partial charge in [0.15, 0.2) is 0 Å². The number of benzene rings is 2. The summed E-state index contributed by atoms with van der Waals surface area (Å²) in [6.45, 7) is 0. The molecule has 0 atom stereocenters. The van der Waals surface area contributed by atoms with Crippen LogP contribution in [-0.4, -0.2) is 25.1 Å². The van der Waals surface area contributed by atoms with E-state index in [-0.39, 0.29) is 5.82 Å². The molecule has 1 aliphatic carbocycles. The number of fused-ring (bicyclic) bond motifs is 1. The summed E-state index contributed by atoms with van der Waals surface area (Å²) in [5.41, 5.74) is 4.73. The quantitative estimate of drug-likeness (QED) is 0.721. The van der Waals surface area contributed by atoms with E-state index in [9.17, 15) is 4.39 Å². The molecule has 4 heteroatoms. The van der Waals surface area contributed by atoms with Gasteiger partial charge in [-0.15, -0.1) is 0 Å². The molecule has 0 bridgehead atoms. The third kappa shape index (κ3) is 3.16. The summed E-state index contributed by atoms with van der Waals surface area (Å²) in [6, 6.07) is 15.5. The lowest BCUT2D eigenvalue weighted by Gasteiger charge is -2.28. The summed E-state index contributed by atoms with van der Waals surface area (Å²) >= 11 is 0. The average Bonchev–Trinajstić information content (AvgIpc) is 2.57. The summed E-state index contributed by atoms with van der Waals surface area (Å²) in [4.78, 5) is 6.85. The Morgan fingerprint density at radius 1 is 1.08 bits per heavy atom. The van der Waals surface area contributed by atoms with Gasteiger partial charge in [0.05, 0.1) is 11.2 Å². The van der Waals surface area contributed by atoms with Gasteiger partial charge in [0.2, 0.25) is 0 Å². The lowest BCUT2D eigenvalue weighted by Crippen LogP contribution is -2.26. The number of rotatable bonds is 4. The van der Waals surface area contributed by atoms with Crippen LogP contribution >= 0.6 is 0 Å². The Morgan fingerprint density at radius 3 is 2.60 bits per heavy atom. The third-order valence-corrected chi connectivity index (χ3v) is 4.86. The van der Waals surface area contributed by atoms with Gasteiger partial charge in [-0.05, 0) is 55.7 Å². The van der Waals surface area contributed by atoms with Crippen molar-refractivity contribution in [2.24, 2.45) is 0 Å². The normalized spacial score (nSPS) is 14.4. The first-order valence-electron chi connectivity index (χ1n) is 8.75. The standard InChI is InChI=1S/C21H22FN3/c1-25(2)21-13-20(14-5-3-6-15(22)11-14)24-19-10-9-17(12-18(19)21)23-16-7-4-8-16/h3,5-6,9-13,16,23H,4,7-8H2,1-2H3. The lowest BCUT2D eigenvalue weighted by molar-refractivity contribution is 0.445. The van der Waals surface area contributed by atoms with Crippen LogP contribution in [0.15, 0.2) is 48.5 Å². The Balaban J connectivity index is 1.81. The summed E-state index contributed by atoms with van der Waals surface area (Å²) in [6.07, 6.45) is 3.80. The van der Waals surface area contributed by atoms with E-state index in [1.807, 2.05) is 32.3 Å². The van der Waals surface area contributed by atoms with Gasteiger partial charge in [-0.25, -0.2) is 9.37 Å². The van der Waals surface area contributed by atoms with Crippen molar-refractivity contribution in [3.8, 4) is 11.3 Å². The maximum Gasteiger partial charge on any atom is 0.123 e. The van der Waals surface area contributed by atoms with Crippen molar-refractivity contribution in [3.63, 3.8) is 0 Å². The first-order valence-corrected chi connectivity index (χ1v) is 8.75. The SMILES string of the molecule is CN(C)c1cc(-c2cccc(F)c2)nc2ccc(NC3CCC3)cc12. The topological polar surface area (TPSA) is 28.2 Å². The first kappa shape index (κ1) is 15.9. The fraction of sp³-hybridized carbons (Fsp3) is 0.286. The summed E-state index contributed by atoms with van der Waals surface area (Å²) in [5, 5.41) is 4.70. The highest BCUT2D eigenvalue weighted by Gasteiger charge is 2.17. The van der Waals surface area contributed by atoms with Gasteiger partial charge in [0.25, 0.3) is 0 Å². The predicted molar refractivity (Wildman–Crippen MR) is 103 cm³/mol. The fourth-order valence-electron chi connectivity index (χ4n) is 3.25. The number of aromatic nitrogens is 1. The molecule has 0 saturated heterocycles. The van der Waals surface area contributed by atoms with Crippen molar-refractivity contribution in [2.75, 3.05) is 24.3 Å². The molecule has 0 amide bonds. The largest absolute Gasteiger partial charge is 0.382 e. The maximum absolute atomic E-state index is 13.6. The number of pyridine rings is 1. The number of hydrogen-bond donors (Lipinski definition) is 1. The van der Waals surface area contributed by atoms with E-state index in [1.54, 1.807) is 6.07 Å². The van der Waals surface area contributed by atoms with Crippen LogP contribution in [0, 0.1) is 5.82 Å². The molecule has 3 aromatic rings. The van der Waals surface area contributed by atoms with Gasteiger partial charge in [-0.1, -0.05) is 12.1 Å². The van der Waals surface area contributed by atoms with E-state index in [2.05, 4.69) is 22.3 Å². The first-order chi connectivity index (χ1) is 12.1.